The standard InChI is InChI=1S/C13H16FNO2/c1-8(14)9-4-10(13(6-15)2-3-13)12-11(5-9)16-7-17-12/h4-5,8H,2-3,6-7,15H2,1H3. The molecule has 1 aliphatic carbocycles. The van der Waals surface area contributed by atoms with Gasteiger partial charge in [-0.2, -0.15) is 0 Å². The highest BCUT2D eigenvalue weighted by Crippen LogP contribution is 2.54. The first kappa shape index (κ1) is 10.8. The molecule has 1 aromatic rings. The van der Waals surface area contributed by atoms with Crippen molar-refractivity contribution in [3.8, 4) is 11.5 Å². The van der Waals surface area contributed by atoms with E-state index in [0.717, 1.165) is 24.2 Å². The highest BCUT2D eigenvalue weighted by Gasteiger charge is 2.46. The van der Waals surface area contributed by atoms with Gasteiger partial charge in [0.25, 0.3) is 0 Å². The van der Waals surface area contributed by atoms with Gasteiger partial charge in [0, 0.05) is 17.5 Å². The zero-order valence-corrected chi connectivity index (χ0v) is 9.83. The molecular weight excluding hydrogens is 221 g/mol. The molecule has 0 spiro atoms. The van der Waals surface area contributed by atoms with Crippen LogP contribution in [0.1, 0.15) is 37.1 Å². The molecule has 92 valence electrons. The van der Waals surface area contributed by atoms with Crippen LogP contribution in [0.5, 0.6) is 11.5 Å². The lowest BCUT2D eigenvalue weighted by molar-refractivity contribution is 0.172. The highest BCUT2D eigenvalue weighted by atomic mass is 19.1. The Hall–Kier alpha value is -1.29. The number of hydrogen-bond donors (Lipinski definition) is 1. The van der Waals surface area contributed by atoms with Crippen LogP contribution in [0, 0.1) is 0 Å². The number of rotatable bonds is 3. The van der Waals surface area contributed by atoms with Crippen molar-refractivity contribution in [2.75, 3.05) is 13.3 Å². The number of hydrogen-bond acceptors (Lipinski definition) is 3. The lowest BCUT2D eigenvalue weighted by Crippen LogP contribution is -2.20. The molecule has 0 bridgehead atoms. The molecule has 1 unspecified atom stereocenters. The van der Waals surface area contributed by atoms with E-state index in [1.165, 1.54) is 6.92 Å². The van der Waals surface area contributed by atoms with E-state index in [1.807, 2.05) is 6.07 Å². The van der Waals surface area contributed by atoms with Gasteiger partial charge in [-0.15, -0.1) is 0 Å². The number of fused-ring (bicyclic) bond motifs is 1. The van der Waals surface area contributed by atoms with E-state index < -0.39 is 6.17 Å². The summed E-state index contributed by atoms with van der Waals surface area (Å²) in [6.45, 7) is 2.32. The van der Waals surface area contributed by atoms with E-state index in [-0.39, 0.29) is 12.2 Å². The van der Waals surface area contributed by atoms with Crippen molar-refractivity contribution in [2.24, 2.45) is 5.73 Å². The third-order valence-electron chi connectivity index (χ3n) is 3.77. The van der Waals surface area contributed by atoms with Crippen molar-refractivity contribution in [1.29, 1.82) is 0 Å². The first-order valence-corrected chi connectivity index (χ1v) is 5.94. The van der Waals surface area contributed by atoms with Crippen LogP contribution in [0.2, 0.25) is 0 Å². The maximum Gasteiger partial charge on any atom is 0.231 e. The summed E-state index contributed by atoms with van der Waals surface area (Å²) in [5, 5.41) is 0. The number of benzene rings is 1. The van der Waals surface area contributed by atoms with Crippen molar-refractivity contribution in [3.05, 3.63) is 23.3 Å². The molecular formula is C13H16FNO2. The summed E-state index contributed by atoms with van der Waals surface area (Å²) in [6, 6.07) is 3.61. The summed E-state index contributed by atoms with van der Waals surface area (Å²) in [7, 11) is 0. The van der Waals surface area contributed by atoms with Crippen LogP contribution in [0.15, 0.2) is 12.1 Å². The lowest BCUT2D eigenvalue weighted by Gasteiger charge is -2.17. The molecule has 3 rings (SSSR count). The van der Waals surface area contributed by atoms with Crippen molar-refractivity contribution >= 4 is 0 Å². The Kier molecular flexibility index (Phi) is 2.30. The first-order valence-electron chi connectivity index (χ1n) is 5.94. The summed E-state index contributed by atoms with van der Waals surface area (Å²) in [6.07, 6.45) is 1.09. The molecule has 1 saturated carbocycles. The average molecular weight is 237 g/mol. The Labute approximate surface area is 99.7 Å². The second-order valence-electron chi connectivity index (χ2n) is 4.90. The highest BCUT2D eigenvalue weighted by molar-refractivity contribution is 5.56. The van der Waals surface area contributed by atoms with Crippen LogP contribution in [-0.2, 0) is 5.41 Å². The van der Waals surface area contributed by atoms with Gasteiger partial charge in [0.15, 0.2) is 11.5 Å². The maximum absolute atomic E-state index is 13.5. The molecule has 1 heterocycles. The van der Waals surface area contributed by atoms with E-state index in [1.54, 1.807) is 6.07 Å². The van der Waals surface area contributed by atoms with Crippen LogP contribution in [0.3, 0.4) is 0 Å². The van der Waals surface area contributed by atoms with Crippen LogP contribution >= 0.6 is 0 Å². The van der Waals surface area contributed by atoms with Gasteiger partial charge >= 0.3 is 0 Å². The predicted octanol–water partition coefficient (Wildman–Crippen LogP) is 2.44. The van der Waals surface area contributed by atoms with Crippen molar-refractivity contribution in [2.45, 2.75) is 31.4 Å². The Bertz CT molecular complexity index is 455. The Balaban J connectivity index is 2.13. The minimum absolute atomic E-state index is 0.0112. The first-order chi connectivity index (χ1) is 8.16. The van der Waals surface area contributed by atoms with Crippen molar-refractivity contribution in [3.63, 3.8) is 0 Å². The minimum Gasteiger partial charge on any atom is -0.454 e. The average Bonchev–Trinajstić information content (AvgIpc) is 2.98. The monoisotopic (exact) mass is 237 g/mol. The number of halogens is 1. The SMILES string of the molecule is CC(F)c1cc2c(c(C3(CN)CC3)c1)OCO2. The van der Waals surface area contributed by atoms with Crippen LogP contribution < -0.4 is 15.2 Å². The zero-order chi connectivity index (χ0) is 12.0. The quantitative estimate of drug-likeness (QED) is 0.878. The number of ether oxygens (including phenoxy) is 2. The summed E-state index contributed by atoms with van der Waals surface area (Å²) in [5.41, 5.74) is 7.48. The molecule has 2 N–H and O–H groups in total. The van der Waals surface area contributed by atoms with E-state index in [9.17, 15) is 4.39 Å². The van der Waals surface area contributed by atoms with Gasteiger partial charge in [-0.05, 0) is 37.5 Å². The summed E-state index contributed by atoms with van der Waals surface area (Å²) in [4.78, 5) is 0. The third-order valence-corrected chi connectivity index (χ3v) is 3.77. The van der Waals surface area contributed by atoms with Gasteiger partial charge in [-0.3, -0.25) is 0 Å². The molecule has 4 heteroatoms. The molecule has 0 aromatic heterocycles. The smallest absolute Gasteiger partial charge is 0.231 e. The number of alkyl halides is 1. The fourth-order valence-electron chi connectivity index (χ4n) is 2.39. The van der Waals surface area contributed by atoms with Gasteiger partial charge in [-0.1, -0.05) is 0 Å². The van der Waals surface area contributed by atoms with E-state index in [2.05, 4.69) is 0 Å². The van der Waals surface area contributed by atoms with Crippen molar-refractivity contribution in [1.82, 2.24) is 0 Å². The molecule has 1 fully saturated rings. The normalized spacial score (nSPS) is 21.4. The van der Waals surface area contributed by atoms with Crippen LogP contribution in [0.25, 0.3) is 0 Å². The van der Waals surface area contributed by atoms with Crippen LogP contribution in [-0.4, -0.2) is 13.3 Å². The Morgan fingerprint density at radius 2 is 2.18 bits per heavy atom. The minimum atomic E-state index is -1.00. The largest absolute Gasteiger partial charge is 0.454 e. The van der Waals surface area contributed by atoms with Gasteiger partial charge in [-0.25, -0.2) is 4.39 Å². The molecule has 0 saturated heterocycles. The van der Waals surface area contributed by atoms with Gasteiger partial charge < -0.3 is 15.2 Å². The Morgan fingerprint density at radius 1 is 1.41 bits per heavy atom. The molecule has 2 aliphatic rings. The second kappa shape index (κ2) is 3.60. The van der Waals surface area contributed by atoms with Crippen LogP contribution in [0.4, 0.5) is 4.39 Å². The number of nitrogens with two attached hydrogens (primary N) is 1. The maximum atomic E-state index is 13.5. The summed E-state index contributed by atoms with van der Waals surface area (Å²) < 4.78 is 24.3. The summed E-state index contributed by atoms with van der Waals surface area (Å²) in [5.74, 6) is 1.42. The Morgan fingerprint density at radius 3 is 2.76 bits per heavy atom. The topological polar surface area (TPSA) is 44.5 Å². The molecule has 3 nitrogen and oxygen atoms in total. The fourth-order valence-corrected chi connectivity index (χ4v) is 2.39. The van der Waals surface area contributed by atoms with Crippen molar-refractivity contribution < 1.29 is 13.9 Å². The lowest BCUT2D eigenvalue weighted by atomic mass is 9.92. The third kappa shape index (κ3) is 1.59. The van der Waals surface area contributed by atoms with Gasteiger partial charge in [0.2, 0.25) is 6.79 Å². The van der Waals surface area contributed by atoms with Gasteiger partial charge in [0.05, 0.1) is 0 Å². The van der Waals surface area contributed by atoms with Gasteiger partial charge in [0.1, 0.15) is 6.17 Å². The second-order valence-corrected chi connectivity index (χ2v) is 4.90. The summed E-state index contributed by atoms with van der Waals surface area (Å²) >= 11 is 0. The molecule has 0 radical (unpaired) electrons. The molecule has 17 heavy (non-hydrogen) atoms. The fraction of sp³-hybridized carbons (Fsp3) is 0.538. The molecule has 1 aromatic carbocycles. The van der Waals surface area contributed by atoms with E-state index in [0.29, 0.717) is 17.9 Å². The predicted molar refractivity (Wildman–Crippen MR) is 62.1 cm³/mol. The molecule has 1 atom stereocenters. The zero-order valence-electron chi connectivity index (χ0n) is 9.83. The van der Waals surface area contributed by atoms with E-state index in [4.69, 9.17) is 15.2 Å². The molecule has 1 aliphatic heterocycles. The van der Waals surface area contributed by atoms with E-state index >= 15 is 0 Å². The molecule has 0 amide bonds.